The highest BCUT2D eigenvalue weighted by molar-refractivity contribution is 5.80. The van der Waals surface area contributed by atoms with Gasteiger partial charge in [-0.2, -0.15) is 0 Å². The SMILES string of the molecule is O=c1c2ccccc2nc(/C=C/c2ccc(-c3ccc([N+](=O)[O-])cc3)o2)n1-c1ccccc1. The predicted molar refractivity (Wildman–Crippen MR) is 127 cm³/mol. The van der Waals surface area contributed by atoms with Gasteiger partial charge in [-0.15, -0.1) is 0 Å². The van der Waals surface area contributed by atoms with Gasteiger partial charge in [0.2, 0.25) is 0 Å². The van der Waals surface area contributed by atoms with E-state index in [2.05, 4.69) is 4.98 Å². The third kappa shape index (κ3) is 3.95. The molecule has 0 fully saturated rings. The third-order valence-corrected chi connectivity index (χ3v) is 5.20. The Morgan fingerprint density at radius 2 is 1.58 bits per heavy atom. The van der Waals surface area contributed by atoms with Crippen LogP contribution in [0, 0.1) is 10.1 Å². The van der Waals surface area contributed by atoms with E-state index in [1.807, 2.05) is 48.5 Å². The molecule has 0 aliphatic rings. The quantitative estimate of drug-likeness (QED) is 0.260. The molecule has 0 saturated carbocycles. The van der Waals surface area contributed by atoms with E-state index in [-0.39, 0.29) is 11.2 Å². The molecule has 5 rings (SSSR count). The first kappa shape index (κ1) is 20.1. The maximum absolute atomic E-state index is 13.2. The summed E-state index contributed by atoms with van der Waals surface area (Å²) >= 11 is 0. The second kappa shape index (κ2) is 8.39. The zero-order valence-electron chi connectivity index (χ0n) is 17.3. The molecule has 0 bridgehead atoms. The van der Waals surface area contributed by atoms with Crippen LogP contribution in [0.15, 0.2) is 100 Å². The Morgan fingerprint density at radius 1 is 0.848 bits per heavy atom. The molecule has 0 saturated heterocycles. The van der Waals surface area contributed by atoms with Crippen molar-refractivity contribution >= 4 is 28.7 Å². The molecule has 0 N–H and O–H groups in total. The van der Waals surface area contributed by atoms with Crippen LogP contribution >= 0.6 is 0 Å². The molecule has 0 atom stereocenters. The van der Waals surface area contributed by atoms with Crippen molar-refractivity contribution in [3.05, 3.63) is 123 Å². The topological polar surface area (TPSA) is 91.2 Å². The van der Waals surface area contributed by atoms with Gasteiger partial charge in [-0.1, -0.05) is 30.3 Å². The second-order valence-electron chi connectivity index (χ2n) is 7.30. The third-order valence-electron chi connectivity index (χ3n) is 5.20. The molecule has 3 aromatic carbocycles. The van der Waals surface area contributed by atoms with Gasteiger partial charge in [-0.25, -0.2) is 4.98 Å². The van der Waals surface area contributed by atoms with Crippen LogP contribution in [-0.4, -0.2) is 14.5 Å². The minimum absolute atomic E-state index is 0.0201. The van der Waals surface area contributed by atoms with Crippen LogP contribution in [0.4, 0.5) is 5.69 Å². The summed E-state index contributed by atoms with van der Waals surface area (Å²) in [6.07, 6.45) is 3.48. The van der Waals surface area contributed by atoms with E-state index in [1.165, 1.54) is 12.1 Å². The van der Waals surface area contributed by atoms with Gasteiger partial charge in [-0.3, -0.25) is 19.5 Å². The second-order valence-corrected chi connectivity index (χ2v) is 7.30. The normalized spacial score (nSPS) is 11.3. The van der Waals surface area contributed by atoms with E-state index >= 15 is 0 Å². The van der Waals surface area contributed by atoms with Crippen LogP contribution in [0.2, 0.25) is 0 Å². The van der Waals surface area contributed by atoms with Gasteiger partial charge in [0, 0.05) is 17.7 Å². The van der Waals surface area contributed by atoms with E-state index in [0.717, 1.165) is 5.56 Å². The highest BCUT2D eigenvalue weighted by atomic mass is 16.6. The molecular formula is C26H17N3O4. The van der Waals surface area contributed by atoms with Crippen molar-refractivity contribution in [1.29, 1.82) is 0 Å². The highest BCUT2D eigenvalue weighted by Gasteiger charge is 2.11. The summed E-state index contributed by atoms with van der Waals surface area (Å²) in [5, 5.41) is 11.4. The molecule has 160 valence electrons. The summed E-state index contributed by atoms with van der Waals surface area (Å²) in [6, 6.07) is 26.3. The fourth-order valence-corrected chi connectivity index (χ4v) is 3.59. The van der Waals surface area contributed by atoms with Crippen molar-refractivity contribution in [3.8, 4) is 17.0 Å². The lowest BCUT2D eigenvalue weighted by Gasteiger charge is -2.11. The van der Waals surface area contributed by atoms with Crippen LogP contribution in [0.25, 0.3) is 40.1 Å². The maximum atomic E-state index is 13.2. The molecule has 2 heterocycles. The number of aromatic nitrogens is 2. The first-order chi connectivity index (χ1) is 16.1. The van der Waals surface area contributed by atoms with Gasteiger partial charge < -0.3 is 4.42 Å². The summed E-state index contributed by atoms with van der Waals surface area (Å²) in [7, 11) is 0. The van der Waals surface area contributed by atoms with Crippen molar-refractivity contribution < 1.29 is 9.34 Å². The van der Waals surface area contributed by atoms with Crippen LogP contribution in [0.5, 0.6) is 0 Å². The number of fused-ring (bicyclic) bond motifs is 1. The summed E-state index contributed by atoms with van der Waals surface area (Å²) in [6.45, 7) is 0. The van der Waals surface area contributed by atoms with E-state index in [0.29, 0.717) is 33.9 Å². The Hall–Kier alpha value is -4.78. The van der Waals surface area contributed by atoms with Gasteiger partial charge in [0.25, 0.3) is 11.2 Å². The van der Waals surface area contributed by atoms with Crippen molar-refractivity contribution in [2.24, 2.45) is 0 Å². The van der Waals surface area contributed by atoms with Crippen molar-refractivity contribution in [1.82, 2.24) is 9.55 Å². The number of non-ortho nitro benzene ring substituents is 1. The zero-order valence-corrected chi connectivity index (χ0v) is 17.3. The van der Waals surface area contributed by atoms with E-state index in [9.17, 15) is 14.9 Å². The number of furan rings is 1. The molecule has 2 aromatic heterocycles. The molecule has 7 nitrogen and oxygen atoms in total. The number of hydrogen-bond acceptors (Lipinski definition) is 5. The molecule has 33 heavy (non-hydrogen) atoms. The summed E-state index contributed by atoms with van der Waals surface area (Å²) in [4.78, 5) is 28.3. The number of para-hydroxylation sites is 2. The zero-order chi connectivity index (χ0) is 22.8. The number of hydrogen-bond donors (Lipinski definition) is 0. The largest absolute Gasteiger partial charge is 0.457 e. The molecule has 0 amide bonds. The fourth-order valence-electron chi connectivity index (χ4n) is 3.59. The molecule has 5 aromatic rings. The van der Waals surface area contributed by atoms with E-state index < -0.39 is 4.92 Å². The maximum Gasteiger partial charge on any atom is 0.269 e. The Morgan fingerprint density at radius 3 is 2.33 bits per heavy atom. The van der Waals surface area contributed by atoms with Gasteiger partial charge in [-0.05, 0) is 60.7 Å². The molecule has 0 radical (unpaired) electrons. The first-order valence-corrected chi connectivity index (χ1v) is 10.2. The summed E-state index contributed by atoms with van der Waals surface area (Å²) in [5.41, 5.74) is 1.92. The molecule has 0 aliphatic carbocycles. The van der Waals surface area contributed by atoms with Gasteiger partial charge in [0.05, 0.1) is 21.5 Å². The van der Waals surface area contributed by atoms with Crippen LogP contribution in [0.3, 0.4) is 0 Å². The molecule has 7 heteroatoms. The monoisotopic (exact) mass is 435 g/mol. The lowest BCUT2D eigenvalue weighted by atomic mass is 10.1. The molecular weight excluding hydrogens is 418 g/mol. The van der Waals surface area contributed by atoms with Crippen molar-refractivity contribution in [2.45, 2.75) is 0 Å². The first-order valence-electron chi connectivity index (χ1n) is 10.2. The minimum atomic E-state index is -0.442. The highest BCUT2D eigenvalue weighted by Crippen LogP contribution is 2.25. The van der Waals surface area contributed by atoms with Crippen molar-refractivity contribution in [3.63, 3.8) is 0 Å². The van der Waals surface area contributed by atoms with Gasteiger partial charge in [0.1, 0.15) is 17.3 Å². The van der Waals surface area contributed by atoms with E-state index in [1.54, 1.807) is 47.1 Å². The summed E-state index contributed by atoms with van der Waals surface area (Å²) in [5.74, 6) is 1.61. The van der Waals surface area contributed by atoms with Gasteiger partial charge >= 0.3 is 0 Å². The molecule has 0 unspecified atom stereocenters. The number of rotatable bonds is 5. The van der Waals surface area contributed by atoms with Gasteiger partial charge in [0.15, 0.2) is 0 Å². The number of benzene rings is 3. The Bertz CT molecular complexity index is 1550. The average Bonchev–Trinajstić information content (AvgIpc) is 3.32. The number of nitro groups is 1. The average molecular weight is 435 g/mol. The molecule has 0 spiro atoms. The van der Waals surface area contributed by atoms with Crippen LogP contribution in [0.1, 0.15) is 11.6 Å². The van der Waals surface area contributed by atoms with Crippen LogP contribution in [-0.2, 0) is 0 Å². The predicted octanol–water partition coefficient (Wildman–Crippen LogP) is 5.72. The van der Waals surface area contributed by atoms with Crippen LogP contribution < -0.4 is 5.56 Å². The smallest absolute Gasteiger partial charge is 0.269 e. The van der Waals surface area contributed by atoms with Crippen molar-refractivity contribution in [2.75, 3.05) is 0 Å². The standard InChI is InChI=1S/C26H17N3O4/c30-26-22-8-4-5-9-23(22)27-25(28(26)19-6-2-1-3-7-19)17-15-21-14-16-24(33-21)18-10-12-20(13-11-18)29(31)32/h1-17H/b17-15+. The Labute approximate surface area is 188 Å². The lowest BCUT2D eigenvalue weighted by molar-refractivity contribution is -0.384. The molecule has 0 aliphatic heterocycles. The Balaban J connectivity index is 1.54. The fraction of sp³-hybridized carbons (Fsp3) is 0. The summed E-state index contributed by atoms with van der Waals surface area (Å²) < 4.78 is 7.45. The number of nitrogens with zero attached hydrogens (tertiary/aromatic N) is 3. The lowest BCUT2D eigenvalue weighted by Crippen LogP contribution is -2.22. The Kier molecular flexibility index (Phi) is 5.12. The van der Waals surface area contributed by atoms with E-state index in [4.69, 9.17) is 4.42 Å². The number of nitro benzene ring substituents is 1. The minimum Gasteiger partial charge on any atom is -0.457 e.